The zero-order valence-electron chi connectivity index (χ0n) is 14.9. The van der Waals surface area contributed by atoms with Crippen molar-refractivity contribution in [2.75, 3.05) is 31.9 Å². The molecule has 0 saturated carbocycles. The minimum Gasteiger partial charge on any atom is -0.296 e. The van der Waals surface area contributed by atoms with E-state index < -0.39 is 10.0 Å². The Kier molecular flexibility index (Phi) is 6.40. The summed E-state index contributed by atoms with van der Waals surface area (Å²) in [6.45, 7) is 3.18. The van der Waals surface area contributed by atoms with Crippen molar-refractivity contribution in [2.45, 2.75) is 19.4 Å². The highest BCUT2D eigenvalue weighted by molar-refractivity contribution is 7.89. The second-order valence-corrected chi connectivity index (χ2v) is 8.80. The predicted octanol–water partition coefficient (Wildman–Crippen LogP) is 2.91. The summed E-state index contributed by atoms with van der Waals surface area (Å²) >= 11 is 0. The van der Waals surface area contributed by atoms with Gasteiger partial charge in [-0.15, -0.1) is 0 Å². The van der Waals surface area contributed by atoms with Crippen LogP contribution in [0.4, 0.5) is 4.39 Å². The highest BCUT2D eigenvalue weighted by Gasteiger charge is 2.26. The summed E-state index contributed by atoms with van der Waals surface area (Å²) in [5.74, 6) is -0.0417. The lowest BCUT2D eigenvalue weighted by atomic mass is 10.1. The summed E-state index contributed by atoms with van der Waals surface area (Å²) < 4.78 is 39.7. The molecule has 3 rings (SSSR count). The van der Waals surface area contributed by atoms with Crippen LogP contribution in [0.2, 0.25) is 0 Å². The molecule has 0 aliphatic carbocycles. The monoisotopic (exact) mass is 376 g/mol. The van der Waals surface area contributed by atoms with Gasteiger partial charge in [-0.1, -0.05) is 42.5 Å². The Balaban J connectivity index is 1.44. The lowest BCUT2D eigenvalue weighted by Gasteiger charge is -2.34. The molecule has 0 unspecified atom stereocenters. The van der Waals surface area contributed by atoms with Crippen molar-refractivity contribution in [1.29, 1.82) is 0 Å². The molecule has 0 amide bonds. The highest BCUT2D eigenvalue weighted by atomic mass is 32.2. The number of aryl methyl sites for hydroxylation is 1. The van der Waals surface area contributed by atoms with Crippen molar-refractivity contribution in [3.05, 3.63) is 71.5 Å². The van der Waals surface area contributed by atoms with Crippen LogP contribution >= 0.6 is 0 Å². The van der Waals surface area contributed by atoms with E-state index in [1.807, 2.05) is 30.3 Å². The van der Waals surface area contributed by atoms with Gasteiger partial charge in [0, 0.05) is 32.7 Å². The molecule has 140 valence electrons. The van der Waals surface area contributed by atoms with E-state index in [1.54, 1.807) is 16.4 Å². The van der Waals surface area contributed by atoms with Crippen LogP contribution in [-0.2, 0) is 23.0 Å². The van der Waals surface area contributed by atoms with Crippen LogP contribution in [0.1, 0.15) is 17.5 Å². The number of piperazine rings is 1. The highest BCUT2D eigenvalue weighted by Crippen LogP contribution is 2.14. The number of hydrogen-bond donors (Lipinski definition) is 0. The molecule has 26 heavy (non-hydrogen) atoms. The van der Waals surface area contributed by atoms with Crippen LogP contribution in [0.25, 0.3) is 0 Å². The first-order chi connectivity index (χ1) is 12.5. The van der Waals surface area contributed by atoms with Gasteiger partial charge in [-0.25, -0.2) is 12.8 Å². The summed E-state index contributed by atoms with van der Waals surface area (Å²) in [5, 5.41) is 0. The molecule has 1 aliphatic heterocycles. The minimum absolute atomic E-state index is 0.194. The maximum Gasteiger partial charge on any atom is 0.214 e. The largest absolute Gasteiger partial charge is 0.296 e. The molecule has 0 spiro atoms. The first kappa shape index (κ1) is 19.0. The molecule has 2 aromatic rings. The fraction of sp³-hybridized carbons (Fsp3) is 0.400. The van der Waals surface area contributed by atoms with E-state index in [-0.39, 0.29) is 11.6 Å². The van der Waals surface area contributed by atoms with Crippen LogP contribution < -0.4 is 0 Å². The van der Waals surface area contributed by atoms with Crippen molar-refractivity contribution in [2.24, 2.45) is 0 Å². The Labute approximate surface area is 155 Å². The third kappa shape index (κ3) is 5.37. The number of hydrogen-bond acceptors (Lipinski definition) is 3. The Morgan fingerprint density at radius 1 is 0.846 bits per heavy atom. The van der Waals surface area contributed by atoms with Crippen LogP contribution in [0, 0.1) is 5.82 Å². The summed E-state index contributed by atoms with van der Waals surface area (Å²) in [6.07, 6.45) is 1.42. The number of sulfonamides is 1. The Morgan fingerprint density at radius 3 is 2.15 bits per heavy atom. The van der Waals surface area contributed by atoms with Crippen molar-refractivity contribution >= 4 is 10.0 Å². The second-order valence-electron chi connectivity index (χ2n) is 6.71. The van der Waals surface area contributed by atoms with Crippen LogP contribution in [0.5, 0.6) is 0 Å². The third-order valence-corrected chi connectivity index (χ3v) is 6.71. The first-order valence-electron chi connectivity index (χ1n) is 9.01. The smallest absolute Gasteiger partial charge is 0.214 e. The Hall–Kier alpha value is -1.76. The van der Waals surface area contributed by atoms with Gasteiger partial charge in [0.05, 0.1) is 5.75 Å². The molecule has 0 bridgehead atoms. The van der Waals surface area contributed by atoms with Gasteiger partial charge in [0.2, 0.25) is 10.0 Å². The van der Waals surface area contributed by atoms with E-state index in [0.29, 0.717) is 32.6 Å². The number of nitrogens with zero attached hydrogens (tertiary/aromatic N) is 2. The summed E-state index contributed by atoms with van der Waals surface area (Å²) in [7, 11) is -3.20. The third-order valence-electron chi connectivity index (χ3n) is 4.75. The Bertz CT molecular complexity index is 786. The van der Waals surface area contributed by atoms with E-state index >= 15 is 0 Å². The quantitative estimate of drug-likeness (QED) is 0.746. The molecule has 0 aromatic heterocycles. The van der Waals surface area contributed by atoms with Crippen molar-refractivity contribution in [3.8, 4) is 0 Å². The molecule has 6 heteroatoms. The standard InChI is InChI=1S/C20H25FN2O2S/c21-20-10-8-19(9-11-20)17-22-12-14-23(15-13-22)26(24,25)16-4-7-18-5-2-1-3-6-18/h1-3,5-6,8-11H,4,7,12-17H2. The number of rotatable bonds is 7. The molecule has 0 atom stereocenters. The lowest BCUT2D eigenvalue weighted by molar-refractivity contribution is 0.181. The molecule has 1 aliphatic rings. The van der Waals surface area contributed by atoms with Gasteiger partial charge in [-0.2, -0.15) is 4.31 Å². The van der Waals surface area contributed by atoms with Crippen LogP contribution in [-0.4, -0.2) is 49.6 Å². The fourth-order valence-electron chi connectivity index (χ4n) is 3.25. The van der Waals surface area contributed by atoms with Gasteiger partial charge in [-0.05, 0) is 36.1 Å². The van der Waals surface area contributed by atoms with Crippen molar-refractivity contribution < 1.29 is 12.8 Å². The summed E-state index contributed by atoms with van der Waals surface area (Å²) in [4.78, 5) is 2.21. The van der Waals surface area contributed by atoms with Crippen LogP contribution in [0.15, 0.2) is 54.6 Å². The second kappa shape index (κ2) is 8.75. The maximum atomic E-state index is 13.0. The van der Waals surface area contributed by atoms with Gasteiger partial charge in [-0.3, -0.25) is 4.90 Å². The topological polar surface area (TPSA) is 40.6 Å². The van der Waals surface area contributed by atoms with Gasteiger partial charge in [0.25, 0.3) is 0 Å². The van der Waals surface area contributed by atoms with E-state index in [9.17, 15) is 12.8 Å². The Morgan fingerprint density at radius 2 is 1.50 bits per heavy atom. The first-order valence-corrected chi connectivity index (χ1v) is 10.6. The van der Waals surface area contributed by atoms with Crippen molar-refractivity contribution in [1.82, 2.24) is 9.21 Å². The lowest BCUT2D eigenvalue weighted by Crippen LogP contribution is -2.48. The molecule has 1 saturated heterocycles. The molecule has 1 heterocycles. The molecule has 0 N–H and O–H groups in total. The van der Waals surface area contributed by atoms with Crippen LogP contribution in [0.3, 0.4) is 0 Å². The molecular formula is C20H25FN2O2S. The molecule has 1 fully saturated rings. The molecule has 2 aromatic carbocycles. The fourth-order valence-corrected chi connectivity index (χ4v) is 4.73. The summed E-state index contributed by atoms with van der Waals surface area (Å²) in [6, 6.07) is 16.5. The van der Waals surface area contributed by atoms with E-state index in [0.717, 1.165) is 18.5 Å². The van der Waals surface area contributed by atoms with E-state index in [1.165, 1.54) is 17.7 Å². The molecule has 4 nitrogen and oxygen atoms in total. The van der Waals surface area contributed by atoms with Gasteiger partial charge >= 0.3 is 0 Å². The van der Waals surface area contributed by atoms with Crippen molar-refractivity contribution in [3.63, 3.8) is 0 Å². The number of halogens is 1. The summed E-state index contributed by atoms with van der Waals surface area (Å²) in [5.41, 5.74) is 2.22. The average molecular weight is 376 g/mol. The van der Waals surface area contributed by atoms with E-state index in [2.05, 4.69) is 4.90 Å². The SMILES string of the molecule is O=S(=O)(CCCc1ccccc1)N1CCN(Cc2ccc(F)cc2)CC1. The van der Waals surface area contributed by atoms with Gasteiger partial charge in [0.15, 0.2) is 0 Å². The zero-order valence-corrected chi connectivity index (χ0v) is 15.7. The van der Waals surface area contributed by atoms with Gasteiger partial charge in [0.1, 0.15) is 5.82 Å². The normalized spacial score (nSPS) is 16.7. The minimum atomic E-state index is -3.20. The van der Waals surface area contributed by atoms with E-state index in [4.69, 9.17) is 0 Å². The average Bonchev–Trinajstić information content (AvgIpc) is 2.65. The van der Waals surface area contributed by atoms with Gasteiger partial charge < -0.3 is 0 Å². The molecular weight excluding hydrogens is 351 g/mol. The molecule has 0 radical (unpaired) electrons. The maximum absolute atomic E-state index is 13.0. The predicted molar refractivity (Wildman–Crippen MR) is 102 cm³/mol. The number of benzene rings is 2. The zero-order chi connectivity index (χ0) is 18.4.